The third kappa shape index (κ3) is 3.74. The molecule has 1 aliphatic rings. The predicted molar refractivity (Wildman–Crippen MR) is 84.4 cm³/mol. The lowest BCUT2D eigenvalue weighted by atomic mass is 10.2. The van der Waals surface area contributed by atoms with Gasteiger partial charge in [0, 0.05) is 23.5 Å². The monoisotopic (exact) mass is 378 g/mol. The molecule has 0 bridgehead atoms. The zero-order valence-electron chi connectivity index (χ0n) is 9.89. The molecule has 0 spiro atoms. The molecule has 1 saturated heterocycles. The summed E-state index contributed by atoms with van der Waals surface area (Å²) in [5.74, 6) is 1.25. The molecule has 1 heterocycles. The first-order chi connectivity index (χ1) is 8.66. The van der Waals surface area contributed by atoms with Gasteiger partial charge in [0.25, 0.3) is 5.69 Å². The molecule has 0 radical (unpaired) electrons. The first-order valence-corrected chi connectivity index (χ1v) is 8.09. The van der Waals surface area contributed by atoms with E-state index in [4.69, 9.17) is 0 Å². The number of thioether (sulfide) groups is 1. The summed E-state index contributed by atoms with van der Waals surface area (Å²) in [6.07, 6.45) is 3.91. The fourth-order valence-corrected chi connectivity index (χ4v) is 3.92. The molecular weight excluding hydrogens is 363 g/mol. The molecule has 0 amide bonds. The van der Waals surface area contributed by atoms with Gasteiger partial charge in [-0.1, -0.05) is 6.42 Å². The second-order valence-corrected chi connectivity index (χ2v) is 6.86. The van der Waals surface area contributed by atoms with E-state index in [2.05, 4.69) is 5.32 Å². The molecule has 0 aliphatic carbocycles. The molecule has 1 atom stereocenters. The molecule has 0 aromatic heterocycles. The summed E-state index contributed by atoms with van der Waals surface area (Å²) in [6, 6.07) is 5.19. The number of hydrogen-bond acceptors (Lipinski definition) is 4. The standard InChI is InChI=1S/C12H15IN2O2S/c13-11-7-9(4-5-12(11)15(16)17)14-8-10-3-1-2-6-18-10/h4-5,7,10,14H,1-3,6,8H2. The van der Waals surface area contributed by atoms with E-state index in [-0.39, 0.29) is 10.6 Å². The molecule has 2 rings (SSSR count). The maximum absolute atomic E-state index is 10.7. The van der Waals surface area contributed by atoms with Gasteiger partial charge in [-0.3, -0.25) is 10.1 Å². The number of hydrogen-bond donors (Lipinski definition) is 1. The Morgan fingerprint density at radius 3 is 2.94 bits per heavy atom. The molecule has 18 heavy (non-hydrogen) atoms. The summed E-state index contributed by atoms with van der Waals surface area (Å²) in [5.41, 5.74) is 1.14. The van der Waals surface area contributed by atoms with Gasteiger partial charge in [0.2, 0.25) is 0 Å². The molecular formula is C12H15IN2O2S. The van der Waals surface area contributed by atoms with Crippen molar-refractivity contribution in [2.75, 3.05) is 17.6 Å². The Labute approximate surface area is 124 Å². The Bertz CT molecular complexity index is 436. The molecule has 1 fully saturated rings. The number of nitro groups is 1. The van der Waals surface area contributed by atoms with Crippen LogP contribution in [0, 0.1) is 13.7 Å². The van der Waals surface area contributed by atoms with Gasteiger partial charge >= 0.3 is 0 Å². The minimum Gasteiger partial charge on any atom is -0.384 e. The molecule has 1 aromatic rings. The average molecular weight is 378 g/mol. The summed E-state index contributed by atoms with van der Waals surface area (Å²) in [6.45, 7) is 0.943. The Balaban J connectivity index is 1.93. The lowest BCUT2D eigenvalue weighted by Gasteiger charge is -2.21. The number of benzene rings is 1. The van der Waals surface area contributed by atoms with Crippen LogP contribution in [0.25, 0.3) is 0 Å². The zero-order chi connectivity index (χ0) is 13.0. The van der Waals surface area contributed by atoms with Crippen molar-refractivity contribution in [2.24, 2.45) is 0 Å². The predicted octanol–water partition coefficient (Wildman–Crippen LogP) is 3.90. The van der Waals surface area contributed by atoms with E-state index in [9.17, 15) is 10.1 Å². The minimum absolute atomic E-state index is 0.174. The Kier molecular flexibility index (Phi) is 5.11. The van der Waals surface area contributed by atoms with Gasteiger partial charge in [0.05, 0.1) is 8.49 Å². The normalized spacial score (nSPS) is 19.5. The molecule has 4 nitrogen and oxygen atoms in total. The van der Waals surface area contributed by atoms with Crippen molar-refractivity contribution in [1.82, 2.24) is 0 Å². The fourth-order valence-electron chi connectivity index (χ4n) is 1.97. The van der Waals surface area contributed by atoms with E-state index in [0.29, 0.717) is 8.82 Å². The van der Waals surface area contributed by atoms with Crippen LogP contribution in [0.3, 0.4) is 0 Å². The smallest absolute Gasteiger partial charge is 0.282 e. The molecule has 1 aromatic carbocycles. The van der Waals surface area contributed by atoms with Crippen LogP contribution in [0.2, 0.25) is 0 Å². The zero-order valence-corrected chi connectivity index (χ0v) is 12.9. The van der Waals surface area contributed by atoms with Gasteiger partial charge in [0.1, 0.15) is 0 Å². The van der Waals surface area contributed by atoms with Crippen molar-refractivity contribution in [1.29, 1.82) is 0 Å². The Hall–Kier alpha value is -0.500. The highest BCUT2D eigenvalue weighted by Gasteiger charge is 2.15. The van der Waals surface area contributed by atoms with E-state index < -0.39 is 0 Å². The van der Waals surface area contributed by atoms with Crippen molar-refractivity contribution in [3.63, 3.8) is 0 Å². The highest BCUT2D eigenvalue weighted by molar-refractivity contribution is 14.1. The van der Waals surface area contributed by atoms with E-state index in [1.807, 2.05) is 40.4 Å². The van der Waals surface area contributed by atoms with Gasteiger partial charge < -0.3 is 5.32 Å². The van der Waals surface area contributed by atoms with Gasteiger partial charge in [-0.05, 0) is 53.3 Å². The Morgan fingerprint density at radius 2 is 2.33 bits per heavy atom. The van der Waals surface area contributed by atoms with Crippen LogP contribution in [-0.2, 0) is 0 Å². The van der Waals surface area contributed by atoms with Gasteiger partial charge in [-0.2, -0.15) is 11.8 Å². The topological polar surface area (TPSA) is 55.2 Å². The first kappa shape index (κ1) is 13.9. The van der Waals surface area contributed by atoms with Crippen LogP contribution < -0.4 is 5.32 Å². The van der Waals surface area contributed by atoms with Crippen molar-refractivity contribution < 1.29 is 4.92 Å². The number of anilines is 1. The average Bonchev–Trinajstić information content (AvgIpc) is 2.37. The van der Waals surface area contributed by atoms with Crippen LogP contribution in [0.1, 0.15) is 19.3 Å². The van der Waals surface area contributed by atoms with Gasteiger partial charge in [-0.15, -0.1) is 0 Å². The molecule has 0 saturated carbocycles. The molecule has 1 aliphatic heterocycles. The lowest BCUT2D eigenvalue weighted by molar-refractivity contribution is -0.385. The minimum atomic E-state index is -0.345. The summed E-state index contributed by atoms with van der Waals surface area (Å²) >= 11 is 4.03. The highest BCUT2D eigenvalue weighted by Crippen LogP contribution is 2.27. The van der Waals surface area contributed by atoms with Crippen LogP contribution in [0.5, 0.6) is 0 Å². The van der Waals surface area contributed by atoms with Crippen molar-refractivity contribution in [3.8, 4) is 0 Å². The third-order valence-corrected chi connectivity index (χ3v) is 5.21. The molecule has 6 heteroatoms. The molecule has 1 N–H and O–H groups in total. The fraction of sp³-hybridized carbons (Fsp3) is 0.500. The number of nitrogens with one attached hydrogen (secondary N) is 1. The summed E-state index contributed by atoms with van der Waals surface area (Å²) in [7, 11) is 0. The van der Waals surface area contributed by atoms with Crippen LogP contribution in [0.15, 0.2) is 18.2 Å². The maximum Gasteiger partial charge on any atom is 0.282 e. The van der Waals surface area contributed by atoms with E-state index in [0.717, 1.165) is 12.2 Å². The molecule has 1 unspecified atom stereocenters. The Morgan fingerprint density at radius 1 is 1.50 bits per heavy atom. The SMILES string of the molecule is O=[N+]([O-])c1ccc(NCC2CCCCS2)cc1I. The maximum atomic E-state index is 10.7. The number of halogens is 1. The summed E-state index contributed by atoms with van der Waals surface area (Å²) in [4.78, 5) is 10.4. The third-order valence-electron chi connectivity index (χ3n) is 2.95. The van der Waals surface area contributed by atoms with E-state index in [1.54, 1.807) is 12.1 Å². The van der Waals surface area contributed by atoms with Crippen molar-refractivity contribution >= 4 is 45.7 Å². The second-order valence-electron chi connectivity index (χ2n) is 4.29. The van der Waals surface area contributed by atoms with E-state index >= 15 is 0 Å². The number of nitro benzene ring substituents is 1. The summed E-state index contributed by atoms with van der Waals surface area (Å²) in [5, 5.41) is 14.8. The molecule has 98 valence electrons. The van der Waals surface area contributed by atoms with E-state index in [1.165, 1.54) is 25.0 Å². The van der Waals surface area contributed by atoms with Crippen LogP contribution in [0.4, 0.5) is 11.4 Å². The first-order valence-electron chi connectivity index (χ1n) is 5.96. The summed E-state index contributed by atoms with van der Waals surface area (Å²) < 4.78 is 0.680. The van der Waals surface area contributed by atoms with Crippen LogP contribution >= 0.6 is 34.4 Å². The quantitative estimate of drug-likeness (QED) is 0.491. The largest absolute Gasteiger partial charge is 0.384 e. The van der Waals surface area contributed by atoms with Gasteiger partial charge in [0.15, 0.2) is 0 Å². The number of rotatable bonds is 4. The lowest BCUT2D eigenvalue weighted by Crippen LogP contribution is -2.20. The van der Waals surface area contributed by atoms with Crippen molar-refractivity contribution in [2.45, 2.75) is 24.5 Å². The number of nitrogens with zero attached hydrogens (tertiary/aromatic N) is 1. The second kappa shape index (κ2) is 6.60. The van der Waals surface area contributed by atoms with Gasteiger partial charge in [-0.25, -0.2) is 0 Å². The highest BCUT2D eigenvalue weighted by atomic mass is 127. The van der Waals surface area contributed by atoms with Crippen molar-refractivity contribution in [3.05, 3.63) is 31.9 Å². The van der Waals surface area contributed by atoms with Crippen LogP contribution in [-0.4, -0.2) is 22.5 Å².